The summed E-state index contributed by atoms with van der Waals surface area (Å²) < 4.78 is 6.78. The molecule has 0 spiro atoms. The van der Waals surface area contributed by atoms with Gasteiger partial charge in [-0.15, -0.1) is 48.8 Å². The molecule has 0 N–H and O–H groups in total. The Labute approximate surface area is 396 Å². The van der Waals surface area contributed by atoms with Crippen molar-refractivity contribution in [1.29, 1.82) is 0 Å². The predicted molar refractivity (Wildman–Crippen MR) is 254 cm³/mol. The molecule has 0 aliphatic heterocycles. The molecule has 0 radical (unpaired) electrons. The molecule has 0 aromatic heterocycles. The van der Waals surface area contributed by atoms with E-state index in [1.807, 2.05) is 24.3 Å². The van der Waals surface area contributed by atoms with Crippen LogP contribution in [0.2, 0.25) is 0 Å². The predicted octanol–water partition coefficient (Wildman–Crippen LogP) is 14.7. The van der Waals surface area contributed by atoms with Crippen LogP contribution in [0.3, 0.4) is 0 Å². The molecule has 4 aliphatic carbocycles. The third-order valence-electron chi connectivity index (χ3n) is 10.2. The summed E-state index contributed by atoms with van der Waals surface area (Å²) in [5.74, 6) is 0. The van der Waals surface area contributed by atoms with Gasteiger partial charge in [0.2, 0.25) is 0 Å². The second kappa shape index (κ2) is 23.8. The van der Waals surface area contributed by atoms with Gasteiger partial charge >= 0.3 is 56.3 Å². The van der Waals surface area contributed by atoms with Crippen LogP contribution in [0.5, 0.6) is 0 Å². The normalized spacial score (nSPS) is 13.4. The second-order valence-electron chi connectivity index (χ2n) is 18.6. The first-order valence-corrected chi connectivity index (χ1v) is 24.9. The molecule has 58 heavy (non-hydrogen) atoms. The van der Waals surface area contributed by atoms with Crippen LogP contribution >= 0.6 is 24.8 Å². The molecule has 0 saturated heterocycles. The van der Waals surface area contributed by atoms with E-state index in [-0.39, 0.29) is 46.5 Å². The van der Waals surface area contributed by atoms with Crippen LogP contribution < -0.4 is 0 Å². The Hall–Kier alpha value is -2.10. The van der Waals surface area contributed by atoms with Crippen LogP contribution in [-0.2, 0) is 82.3 Å². The standard InChI is InChI=1S/2C21H25.2C5H5.2CH2.2ClH.2Hf/c2*1-20(2,3)15-11-10-14-12-18-16(17(14)13-15)8-7-9-19(18)21(4,5)6;2*1-2-4-5-3-1;;;;;;/h2*7-9,11,13H,12H2,1-6H3;2*1-3H,4H2;2*1H2;2*1H;;/q4*-1;;;;;2*+2. The summed E-state index contributed by atoms with van der Waals surface area (Å²) in [5, 5.41) is 0. The first-order valence-electron chi connectivity index (χ1n) is 19.9. The minimum atomic E-state index is 0. The molecular weight excluding hydrogens is 1080 g/mol. The average Bonchev–Trinajstić information content (AvgIpc) is 3.99. The zero-order valence-corrected chi connectivity index (χ0v) is 46.1. The van der Waals surface area contributed by atoms with Gasteiger partial charge in [0.1, 0.15) is 0 Å². The second-order valence-corrected chi connectivity index (χ2v) is 18.6. The molecule has 4 aromatic carbocycles. The van der Waals surface area contributed by atoms with Gasteiger partial charge < -0.3 is 0 Å². The summed E-state index contributed by atoms with van der Waals surface area (Å²) in [7, 11) is 0. The molecule has 0 nitrogen and oxygen atoms in total. The monoisotopic (exact) mass is 1140 g/mol. The van der Waals surface area contributed by atoms with Gasteiger partial charge in [-0.3, -0.25) is 12.2 Å². The minimum absolute atomic E-state index is 0. The number of hydrogen-bond acceptors (Lipinski definition) is 0. The molecule has 0 fully saturated rings. The summed E-state index contributed by atoms with van der Waals surface area (Å²) in [6.07, 6.45) is 22.1. The van der Waals surface area contributed by atoms with E-state index in [0.29, 0.717) is 0 Å². The number of benzene rings is 4. The number of halogens is 2. The van der Waals surface area contributed by atoms with E-state index in [9.17, 15) is 0 Å². The molecule has 8 rings (SSSR count). The van der Waals surface area contributed by atoms with Gasteiger partial charge in [-0.05, 0) is 45.9 Å². The van der Waals surface area contributed by atoms with Crippen molar-refractivity contribution in [2.75, 3.05) is 0 Å². The van der Waals surface area contributed by atoms with E-state index in [2.05, 4.69) is 189 Å². The molecule has 0 amide bonds. The van der Waals surface area contributed by atoms with Gasteiger partial charge in [0, 0.05) is 0 Å². The quantitative estimate of drug-likeness (QED) is 0.105. The van der Waals surface area contributed by atoms with Gasteiger partial charge in [0.15, 0.2) is 0 Å². The Morgan fingerprint density at radius 2 is 0.828 bits per heavy atom. The van der Waals surface area contributed by atoms with Crippen molar-refractivity contribution in [3.8, 4) is 22.3 Å². The van der Waals surface area contributed by atoms with Crippen LogP contribution in [0, 0.1) is 24.3 Å². The fraction of sp³-hybridized carbons (Fsp3) is 0.370. The van der Waals surface area contributed by atoms with Crippen molar-refractivity contribution in [3.05, 3.63) is 166 Å². The number of hydrogen-bond donors (Lipinski definition) is 0. The number of allylic oxidation sites excluding steroid dienone is 8. The summed E-state index contributed by atoms with van der Waals surface area (Å²) in [4.78, 5) is 0. The first kappa shape index (κ1) is 53.9. The van der Waals surface area contributed by atoms with E-state index >= 15 is 0 Å². The topological polar surface area (TPSA) is 0 Å². The zero-order chi connectivity index (χ0) is 41.9. The molecule has 4 aliphatic rings. The van der Waals surface area contributed by atoms with E-state index in [1.165, 1.54) is 66.8 Å². The molecule has 4 aromatic rings. The summed E-state index contributed by atoms with van der Waals surface area (Å²) in [5.41, 5.74) is 17.8. The maximum atomic E-state index is 3.55. The van der Waals surface area contributed by atoms with Crippen LogP contribution in [-0.4, -0.2) is 8.52 Å². The van der Waals surface area contributed by atoms with Crippen molar-refractivity contribution in [3.63, 3.8) is 0 Å². The molecule has 0 saturated carbocycles. The number of fused-ring (bicyclic) bond motifs is 6. The van der Waals surface area contributed by atoms with E-state index < -0.39 is 0 Å². The Morgan fingerprint density at radius 1 is 0.483 bits per heavy atom. The molecule has 0 atom stereocenters. The molecular formula is C54H66Cl2Hf2. The Balaban J connectivity index is 0.000000426. The van der Waals surface area contributed by atoms with Gasteiger partial charge in [-0.1, -0.05) is 141 Å². The van der Waals surface area contributed by atoms with E-state index in [4.69, 9.17) is 0 Å². The summed E-state index contributed by atoms with van der Waals surface area (Å²) in [6.45, 7) is 27.4. The zero-order valence-electron chi connectivity index (χ0n) is 37.3. The molecule has 4 heteroatoms. The Bertz CT molecular complexity index is 1880. The fourth-order valence-electron chi connectivity index (χ4n) is 7.19. The van der Waals surface area contributed by atoms with Crippen LogP contribution in [0.25, 0.3) is 22.3 Å². The first-order chi connectivity index (χ1) is 26.4. The molecule has 0 bridgehead atoms. The van der Waals surface area contributed by atoms with Crippen molar-refractivity contribution in [2.24, 2.45) is 0 Å². The molecule has 0 heterocycles. The maximum absolute atomic E-state index is 3.55. The third kappa shape index (κ3) is 14.5. The van der Waals surface area contributed by atoms with Gasteiger partial charge in [0.25, 0.3) is 0 Å². The van der Waals surface area contributed by atoms with Crippen molar-refractivity contribution < 1.29 is 47.8 Å². The average molecular weight is 1140 g/mol. The molecule has 0 unspecified atom stereocenters. The Morgan fingerprint density at radius 3 is 1.07 bits per heavy atom. The molecule has 304 valence electrons. The van der Waals surface area contributed by atoms with Crippen LogP contribution in [0.1, 0.15) is 140 Å². The van der Waals surface area contributed by atoms with Gasteiger partial charge in [0.05, 0.1) is 0 Å². The number of rotatable bonds is 0. The van der Waals surface area contributed by atoms with Crippen LogP contribution in [0.4, 0.5) is 0 Å². The third-order valence-corrected chi connectivity index (χ3v) is 10.2. The van der Waals surface area contributed by atoms with E-state index in [0.717, 1.165) is 73.5 Å². The van der Waals surface area contributed by atoms with Gasteiger partial charge in [-0.25, -0.2) is 24.3 Å². The SMILES string of the molecule is CC(C)(C)c1c[c-]c2c(c1)-c1cccc(C(C)(C)C)c1C2.CC(C)(C)c1c[c-]c2c(c1)-c1cccc(C(C)(C)C)c1C2.Cl.Cl.[C-]1=CC=CC1.[C-]1=CC=CC1.[CH2]=[Hf+2].[CH2]=[Hf+2]. The van der Waals surface area contributed by atoms with Crippen LogP contribution in [0.15, 0.2) is 97.1 Å². The van der Waals surface area contributed by atoms with Crippen molar-refractivity contribution in [1.82, 2.24) is 0 Å². The summed E-state index contributed by atoms with van der Waals surface area (Å²) in [6, 6.07) is 29.8. The van der Waals surface area contributed by atoms with Crippen molar-refractivity contribution >= 4 is 33.3 Å². The van der Waals surface area contributed by atoms with Gasteiger partial charge in [-0.2, -0.15) is 70.8 Å². The Kier molecular flexibility index (Phi) is 22.1. The fourth-order valence-corrected chi connectivity index (χ4v) is 7.19. The van der Waals surface area contributed by atoms with E-state index in [1.54, 1.807) is 0 Å². The van der Waals surface area contributed by atoms with Crippen molar-refractivity contribution in [2.45, 2.75) is 130 Å². The summed E-state index contributed by atoms with van der Waals surface area (Å²) >= 11 is 2.11.